The maximum Gasteiger partial charge on any atom is 0.446 e. The van der Waals surface area contributed by atoms with Crippen LogP contribution in [0.2, 0.25) is 0 Å². The van der Waals surface area contributed by atoms with Crippen LogP contribution in [0.4, 0.5) is 22.4 Å². The van der Waals surface area contributed by atoms with Crippen molar-refractivity contribution in [3.63, 3.8) is 0 Å². The summed E-state index contributed by atoms with van der Waals surface area (Å²) in [6, 6.07) is 1.86. The third kappa shape index (κ3) is 4.76. The van der Waals surface area contributed by atoms with E-state index in [2.05, 4.69) is 29.9 Å². The predicted octanol–water partition coefficient (Wildman–Crippen LogP) is 0.966. The summed E-state index contributed by atoms with van der Waals surface area (Å²) in [5.74, 6) is -3.74. The number of aromatic nitrogens is 4. The Morgan fingerprint density at radius 3 is 2.61 bits per heavy atom. The highest BCUT2D eigenvalue weighted by atomic mass is 32.2. The molecule has 1 saturated heterocycles. The molecular weight excluding hydrogens is 520 g/mol. The number of nitrogens with one attached hydrogen (secondary N) is 1. The van der Waals surface area contributed by atoms with E-state index in [1.165, 1.54) is 0 Å². The Kier molecular flexibility index (Phi) is 6.48. The highest BCUT2D eigenvalue weighted by Crippen LogP contribution is 2.34. The number of β-amino-alcohol motifs (C(OH)–C–C–N with tert-alkyl or cyclic N) is 1. The minimum Gasteiger partial charge on any atom is -0.465 e. The summed E-state index contributed by atoms with van der Waals surface area (Å²) in [6.45, 7) is -0.757. The fraction of sp³-hybridized carbons (Fsp3) is 0.333. The van der Waals surface area contributed by atoms with E-state index in [0.29, 0.717) is 16.7 Å². The number of aliphatic hydroxyl groups is 1. The van der Waals surface area contributed by atoms with E-state index >= 15 is 0 Å². The van der Waals surface area contributed by atoms with Crippen molar-refractivity contribution < 1.29 is 46.5 Å². The van der Waals surface area contributed by atoms with Crippen molar-refractivity contribution >= 4 is 23.8 Å². The van der Waals surface area contributed by atoms with Gasteiger partial charge >= 0.3 is 18.0 Å². The van der Waals surface area contributed by atoms with Gasteiger partial charge in [-0.05, 0) is 28.5 Å². The molecule has 0 aliphatic carbocycles. The number of carbonyl (C=O) groups is 2. The zero-order chi connectivity index (χ0) is 26.3. The van der Waals surface area contributed by atoms with Crippen molar-refractivity contribution in [1.29, 1.82) is 0 Å². The second kappa shape index (κ2) is 9.26. The Balaban J connectivity index is 1.46. The molecule has 3 heterocycles. The number of amides is 2. The first-order chi connectivity index (χ1) is 16.9. The fourth-order valence-corrected chi connectivity index (χ4v) is 4.00. The second-order valence-corrected chi connectivity index (χ2v) is 8.55. The maximum atomic E-state index is 13.7. The largest absolute Gasteiger partial charge is 0.465 e. The van der Waals surface area contributed by atoms with E-state index < -0.39 is 46.6 Å². The van der Waals surface area contributed by atoms with Gasteiger partial charge in [-0.3, -0.25) is 9.32 Å². The van der Waals surface area contributed by atoms with Gasteiger partial charge in [0.15, 0.2) is 16.3 Å². The number of likely N-dealkylation sites (tertiary alicyclic amines) is 1. The maximum absolute atomic E-state index is 13.7. The third-order valence-corrected chi connectivity index (χ3v) is 5.96. The van der Waals surface area contributed by atoms with Crippen LogP contribution in [-0.2, 0) is 11.0 Å². The van der Waals surface area contributed by atoms with Gasteiger partial charge in [0.05, 0.1) is 24.3 Å². The van der Waals surface area contributed by atoms with Crippen LogP contribution in [0.3, 0.4) is 0 Å². The number of halogens is 4. The number of thioether (sulfide) groups is 1. The number of benzene rings is 1. The molecule has 0 atom stereocenters. The average Bonchev–Trinajstić information content (AvgIpc) is 3.39. The molecule has 18 heteroatoms. The van der Waals surface area contributed by atoms with Crippen molar-refractivity contribution in [3.8, 4) is 17.2 Å². The molecule has 1 aromatic carbocycles. The van der Waals surface area contributed by atoms with Gasteiger partial charge in [0, 0.05) is 12.3 Å². The molecule has 0 unspecified atom stereocenters. The van der Waals surface area contributed by atoms with Crippen LogP contribution in [0.15, 0.2) is 37.2 Å². The number of hydrogen-bond donors (Lipinski definition) is 3. The summed E-state index contributed by atoms with van der Waals surface area (Å²) >= 11 is 0.950. The standard InChI is InChI=1S/C18H14F4N6O7S/c19-10-2-1-8(5-9(10)18(20,21)22)28-12(25-34-16(28)32)11-13(26-35-24-11)36-4-3-23-14(29)17(33)6-27(7-17)15(30)31/h1-2,5,33H,3-4,6-7H2,(H,23,29)(H,30,31). The molecule has 13 nitrogen and oxygen atoms in total. The summed E-state index contributed by atoms with van der Waals surface area (Å²) in [5.41, 5.74) is -4.03. The van der Waals surface area contributed by atoms with Crippen LogP contribution in [0.25, 0.3) is 17.2 Å². The van der Waals surface area contributed by atoms with Gasteiger partial charge in [-0.1, -0.05) is 16.9 Å². The molecule has 0 spiro atoms. The summed E-state index contributed by atoms with van der Waals surface area (Å²) in [6.07, 6.45) is -6.30. The summed E-state index contributed by atoms with van der Waals surface area (Å²) in [7, 11) is 0. The smallest absolute Gasteiger partial charge is 0.446 e. The number of rotatable bonds is 7. The minimum absolute atomic E-state index is 0.0102. The number of carboxylic acid groups (broad SMARTS) is 1. The van der Waals surface area contributed by atoms with E-state index in [0.717, 1.165) is 22.7 Å². The molecule has 4 rings (SSSR count). The molecule has 1 aliphatic rings. The van der Waals surface area contributed by atoms with Gasteiger partial charge in [0.1, 0.15) is 5.82 Å². The van der Waals surface area contributed by atoms with E-state index in [1.54, 1.807) is 0 Å². The van der Waals surface area contributed by atoms with Crippen molar-refractivity contribution in [1.82, 2.24) is 30.3 Å². The number of alkyl halides is 3. The first kappa shape index (κ1) is 25.2. The lowest BCUT2D eigenvalue weighted by molar-refractivity contribution is -0.155. The normalized spacial score (nSPS) is 15.0. The molecule has 2 amide bonds. The summed E-state index contributed by atoms with van der Waals surface area (Å²) < 4.78 is 62.8. The van der Waals surface area contributed by atoms with Crippen LogP contribution < -0.4 is 11.1 Å². The SMILES string of the molecule is O=C(O)N1CC(O)(C(=O)NCCSc2nonc2-c2noc(=O)n2-c2ccc(F)c(C(F)(F)F)c2)C1. The Labute approximate surface area is 200 Å². The molecule has 1 fully saturated rings. The van der Waals surface area contributed by atoms with Crippen molar-refractivity contribution in [2.24, 2.45) is 0 Å². The lowest BCUT2D eigenvalue weighted by atomic mass is 9.94. The second-order valence-electron chi connectivity index (χ2n) is 7.46. The topological polar surface area (TPSA) is 177 Å². The number of nitrogens with zero attached hydrogens (tertiary/aromatic N) is 5. The Morgan fingerprint density at radius 2 is 1.94 bits per heavy atom. The lowest BCUT2D eigenvalue weighted by Crippen LogP contribution is -2.69. The fourth-order valence-electron chi connectivity index (χ4n) is 3.25. The highest BCUT2D eigenvalue weighted by molar-refractivity contribution is 7.99. The summed E-state index contributed by atoms with van der Waals surface area (Å²) in [5, 5.41) is 32.1. The third-order valence-electron chi connectivity index (χ3n) is 5.01. The van der Waals surface area contributed by atoms with Crippen LogP contribution in [0, 0.1) is 5.82 Å². The van der Waals surface area contributed by atoms with E-state index in [1.807, 2.05) is 0 Å². The van der Waals surface area contributed by atoms with Crippen LogP contribution in [-0.4, -0.2) is 78.1 Å². The predicted molar refractivity (Wildman–Crippen MR) is 109 cm³/mol. The average molecular weight is 534 g/mol. The Bertz CT molecular complexity index is 1360. The van der Waals surface area contributed by atoms with Gasteiger partial charge in [0.25, 0.3) is 5.91 Å². The molecule has 3 aromatic rings. The van der Waals surface area contributed by atoms with E-state index in [4.69, 9.17) is 5.11 Å². The number of hydrogen-bond acceptors (Lipinski definition) is 10. The molecule has 2 aromatic heterocycles. The molecule has 0 bridgehead atoms. The molecular formula is C18H14F4N6O7S. The first-order valence-corrected chi connectivity index (χ1v) is 10.8. The van der Waals surface area contributed by atoms with Crippen LogP contribution in [0.5, 0.6) is 0 Å². The van der Waals surface area contributed by atoms with Crippen LogP contribution in [0.1, 0.15) is 5.56 Å². The van der Waals surface area contributed by atoms with Gasteiger partial charge in [0.2, 0.25) is 5.82 Å². The number of carbonyl (C=O) groups excluding carboxylic acids is 1. The van der Waals surface area contributed by atoms with Gasteiger partial charge in [-0.25, -0.2) is 23.2 Å². The minimum atomic E-state index is -5.03. The molecule has 36 heavy (non-hydrogen) atoms. The molecule has 3 N–H and O–H groups in total. The van der Waals surface area contributed by atoms with E-state index in [-0.39, 0.29) is 41.9 Å². The lowest BCUT2D eigenvalue weighted by Gasteiger charge is -2.43. The Hall–Kier alpha value is -3.93. The van der Waals surface area contributed by atoms with Crippen LogP contribution >= 0.6 is 11.8 Å². The zero-order valence-corrected chi connectivity index (χ0v) is 18.5. The van der Waals surface area contributed by atoms with Crippen molar-refractivity contribution in [2.45, 2.75) is 16.8 Å². The van der Waals surface area contributed by atoms with Crippen molar-refractivity contribution in [2.75, 3.05) is 25.4 Å². The van der Waals surface area contributed by atoms with E-state index in [9.17, 15) is 37.1 Å². The summed E-state index contributed by atoms with van der Waals surface area (Å²) in [4.78, 5) is 35.9. The Morgan fingerprint density at radius 1 is 1.22 bits per heavy atom. The van der Waals surface area contributed by atoms with Gasteiger partial charge in [-0.15, -0.1) is 0 Å². The highest BCUT2D eigenvalue weighted by Gasteiger charge is 2.49. The monoisotopic (exact) mass is 534 g/mol. The zero-order valence-electron chi connectivity index (χ0n) is 17.7. The quantitative estimate of drug-likeness (QED) is 0.224. The van der Waals surface area contributed by atoms with Gasteiger partial charge in [-0.2, -0.15) is 13.2 Å². The van der Waals surface area contributed by atoms with Crippen molar-refractivity contribution in [3.05, 3.63) is 40.1 Å². The molecule has 1 aliphatic heterocycles. The molecule has 192 valence electrons. The van der Waals surface area contributed by atoms with Gasteiger partial charge < -0.3 is 20.4 Å². The molecule has 0 radical (unpaired) electrons. The first-order valence-electron chi connectivity index (χ1n) is 9.81. The molecule has 0 saturated carbocycles.